The molecule has 0 saturated carbocycles. The standard InChI is InChI=1S/C17H17ClO/c1-2-3-7-14-12-15(18)10-11-16(14)17(19)13-8-5-4-6-9-13/h4-6,8-12H,2-3,7H2,1H3. The van der Waals surface area contributed by atoms with E-state index in [2.05, 4.69) is 6.92 Å². The second kappa shape index (κ2) is 6.53. The van der Waals surface area contributed by atoms with Gasteiger partial charge in [-0.1, -0.05) is 55.3 Å². The van der Waals surface area contributed by atoms with Crippen LogP contribution in [0.15, 0.2) is 48.5 Å². The minimum Gasteiger partial charge on any atom is -0.289 e. The van der Waals surface area contributed by atoms with Crippen molar-refractivity contribution in [3.05, 3.63) is 70.2 Å². The first-order valence-electron chi connectivity index (χ1n) is 6.60. The topological polar surface area (TPSA) is 17.1 Å². The van der Waals surface area contributed by atoms with E-state index in [1.165, 1.54) is 0 Å². The maximum absolute atomic E-state index is 12.5. The molecule has 0 aliphatic carbocycles. The van der Waals surface area contributed by atoms with Crippen LogP contribution in [0.2, 0.25) is 5.02 Å². The number of carbonyl (C=O) groups excluding carboxylic acids is 1. The van der Waals surface area contributed by atoms with Gasteiger partial charge in [0.2, 0.25) is 0 Å². The zero-order valence-electron chi connectivity index (χ0n) is 11.0. The van der Waals surface area contributed by atoms with E-state index in [4.69, 9.17) is 11.6 Å². The summed E-state index contributed by atoms with van der Waals surface area (Å²) in [6, 6.07) is 14.9. The van der Waals surface area contributed by atoms with E-state index >= 15 is 0 Å². The van der Waals surface area contributed by atoms with Crippen molar-refractivity contribution < 1.29 is 4.79 Å². The fraction of sp³-hybridized carbons (Fsp3) is 0.235. The van der Waals surface area contributed by atoms with E-state index in [1.807, 2.05) is 42.5 Å². The maximum Gasteiger partial charge on any atom is 0.193 e. The highest BCUT2D eigenvalue weighted by molar-refractivity contribution is 6.30. The zero-order valence-corrected chi connectivity index (χ0v) is 11.8. The van der Waals surface area contributed by atoms with E-state index in [0.29, 0.717) is 5.02 Å². The molecule has 2 aromatic carbocycles. The number of benzene rings is 2. The van der Waals surface area contributed by atoms with Gasteiger partial charge in [0.1, 0.15) is 0 Å². The molecule has 0 saturated heterocycles. The minimum absolute atomic E-state index is 0.0726. The Balaban J connectivity index is 2.36. The lowest BCUT2D eigenvalue weighted by Gasteiger charge is -2.09. The van der Waals surface area contributed by atoms with Crippen molar-refractivity contribution in [3.8, 4) is 0 Å². The summed E-state index contributed by atoms with van der Waals surface area (Å²) in [4.78, 5) is 12.5. The number of hydrogen-bond donors (Lipinski definition) is 0. The highest BCUT2D eigenvalue weighted by atomic mass is 35.5. The first-order chi connectivity index (χ1) is 9.22. The summed E-state index contributed by atoms with van der Waals surface area (Å²) in [5.74, 6) is 0.0726. The largest absolute Gasteiger partial charge is 0.289 e. The number of unbranched alkanes of at least 4 members (excludes halogenated alkanes) is 1. The van der Waals surface area contributed by atoms with Crippen LogP contribution < -0.4 is 0 Å². The third-order valence-electron chi connectivity index (χ3n) is 3.15. The molecular weight excluding hydrogens is 256 g/mol. The van der Waals surface area contributed by atoms with Gasteiger partial charge >= 0.3 is 0 Å². The van der Waals surface area contributed by atoms with Crippen molar-refractivity contribution in [2.24, 2.45) is 0 Å². The molecule has 0 bridgehead atoms. The molecule has 2 rings (SSSR count). The Kier molecular flexibility index (Phi) is 4.75. The normalized spacial score (nSPS) is 10.4. The molecule has 0 amide bonds. The van der Waals surface area contributed by atoms with Crippen LogP contribution in [0.25, 0.3) is 0 Å². The van der Waals surface area contributed by atoms with E-state index in [0.717, 1.165) is 36.0 Å². The molecule has 2 aromatic rings. The fourth-order valence-corrected chi connectivity index (χ4v) is 2.30. The SMILES string of the molecule is CCCCc1cc(Cl)ccc1C(=O)c1ccccc1. The van der Waals surface area contributed by atoms with Crippen LogP contribution in [-0.2, 0) is 6.42 Å². The molecule has 0 atom stereocenters. The fourth-order valence-electron chi connectivity index (χ4n) is 2.10. The highest BCUT2D eigenvalue weighted by Gasteiger charge is 2.13. The maximum atomic E-state index is 12.5. The summed E-state index contributed by atoms with van der Waals surface area (Å²) in [6.07, 6.45) is 3.06. The summed E-state index contributed by atoms with van der Waals surface area (Å²) < 4.78 is 0. The molecule has 0 aliphatic rings. The monoisotopic (exact) mass is 272 g/mol. The number of carbonyl (C=O) groups is 1. The summed E-state index contributed by atoms with van der Waals surface area (Å²) in [5.41, 5.74) is 2.54. The van der Waals surface area contributed by atoms with E-state index < -0.39 is 0 Å². The van der Waals surface area contributed by atoms with Crippen molar-refractivity contribution in [1.82, 2.24) is 0 Å². The first-order valence-corrected chi connectivity index (χ1v) is 6.98. The van der Waals surface area contributed by atoms with Crippen molar-refractivity contribution in [2.75, 3.05) is 0 Å². The lowest BCUT2D eigenvalue weighted by Crippen LogP contribution is -2.05. The van der Waals surface area contributed by atoms with Crippen molar-refractivity contribution in [1.29, 1.82) is 0 Å². The molecule has 98 valence electrons. The predicted molar refractivity (Wildman–Crippen MR) is 79.9 cm³/mol. The zero-order chi connectivity index (χ0) is 13.7. The van der Waals surface area contributed by atoms with Gasteiger partial charge in [0.25, 0.3) is 0 Å². The Morgan fingerprint density at radius 3 is 2.53 bits per heavy atom. The van der Waals surface area contributed by atoms with E-state index in [9.17, 15) is 4.79 Å². The van der Waals surface area contributed by atoms with Gasteiger partial charge in [-0.3, -0.25) is 4.79 Å². The molecule has 0 heterocycles. The van der Waals surface area contributed by atoms with Crippen LogP contribution in [-0.4, -0.2) is 5.78 Å². The first kappa shape index (κ1) is 13.8. The number of aryl methyl sites for hydroxylation is 1. The number of ketones is 1. The Morgan fingerprint density at radius 1 is 1.11 bits per heavy atom. The van der Waals surface area contributed by atoms with Gasteiger partial charge in [-0.25, -0.2) is 0 Å². The average molecular weight is 273 g/mol. The Morgan fingerprint density at radius 2 is 1.84 bits per heavy atom. The van der Waals surface area contributed by atoms with Crippen LogP contribution in [0.3, 0.4) is 0 Å². The number of hydrogen-bond acceptors (Lipinski definition) is 1. The molecule has 1 nitrogen and oxygen atoms in total. The molecule has 19 heavy (non-hydrogen) atoms. The van der Waals surface area contributed by atoms with Crippen LogP contribution in [0, 0.1) is 0 Å². The van der Waals surface area contributed by atoms with Gasteiger partial charge in [-0.15, -0.1) is 0 Å². The number of rotatable bonds is 5. The summed E-state index contributed by atoms with van der Waals surface area (Å²) >= 11 is 6.04. The van der Waals surface area contributed by atoms with Crippen LogP contribution in [0.5, 0.6) is 0 Å². The van der Waals surface area contributed by atoms with Gasteiger partial charge in [0, 0.05) is 16.1 Å². The molecule has 0 N–H and O–H groups in total. The van der Waals surface area contributed by atoms with Crippen LogP contribution in [0.1, 0.15) is 41.3 Å². The van der Waals surface area contributed by atoms with Gasteiger partial charge in [-0.05, 0) is 36.6 Å². The van der Waals surface area contributed by atoms with Crippen molar-refractivity contribution in [2.45, 2.75) is 26.2 Å². The molecule has 0 spiro atoms. The van der Waals surface area contributed by atoms with Gasteiger partial charge < -0.3 is 0 Å². The molecule has 0 aromatic heterocycles. The molecule has 0 radical (unpaired) electrons. The third kappa shape index (κ3) is 3.45. The van der Waals surface area contributed by atoms with Crippen molar-refractivity contribution >= 4 is 17.4 Å². The third-order valence-corrected chi connectivity index (χ3v) is 3.38. The van der Waals surface area contributed by atoms with Crippen LogP contribution in [0.4, 0.5) is 0 Å². The van der Waals surface area contributed by atoms with Gasteiger partial charge in [0.15, 0.2) is 5.78 Å². The predicted octanol–water partition coefficient (Wildman–Crippen LogP) is 4.91. The van der Waals surface area contributed by atoms with Gasteiger partial charge in [-0.2, -0.15) is 0 Å². The summed E-state index contributed by atoms with van der Waals surface area (Å²) in [5, 5.41) is 0.690. The second-order valence-electron chi connectivity index (χ2n) is 4.60. The summed E-state index contributed by atoms with van der Waals surface area (Å²) in [7, 11) is 0. The minimum atomic E-state index is 0.0726. The highest BCUT2D eigenvalue weighted by Crippen LogP contribution is 2.21. The molecule has 0 fully saturated rings. The smallest absolute Gasteiger partial charge is 0.193 e. The van der Waals surface area contributed by atoms with Gasteiger partial charge in [0.05, 0.1) is 0 Å². The van der Waals surface area contributed by atoms with Crippen LogP contribution >= 0.6 is 11.6 Å². The molecule has 0 unspecified atom stereocenters. The Hall–Kier alpha value is -1.60. The number of halogens is 1. The molecule has 0 aliphatic heterocycles. The Labute approximate surface area is 119 Å². The molecular formula is C17H17ClO. The lowest BCUT2D eigenvalue weighted by atomic mass is 9.95. The molecule has 2 heteroatoms. The van der Waals surface area contributed by atoms with E-state index in [-0.39, 0.29) is 5.78 Å². The second-order valence-corrected chi connectivity index (χ2v) is 5.04. The summed E-state index contributed by atoms with van der Waals surface area (Å²) in [6.45, 7) is 2.14. The average Bonchev–Trinajstić information content (AvgIpc) is 2.45. The lowest BCUT2D eigenvalue weighted by molar-refractivity contribution is 0.103. The van der Waals surface area contributed by atoms with E-state index in [1.54, 1.807) is 6.07 Å². The van der Waals surface area contributed by atoms with Crippen molar-refractivity contribution in [3.63, 3.8) is 0 Å². The Bertz CT molecular complexity index is 561. The quantitative estimate of drug-likeness (QED) is 0.707.